The second kappa shape index (κ2) is 11.7. The lowest BCUT2D eigenvalue weighted by Crippen LogP contribution is -2.61. The predicted octanol–water partition coefficient (Wildman–Crippen LogP) is 3.15. The van der Waals surface area contributed by atoms with Crippen molar-refractivity contribution in [2.75, 3.05) is 28.2 Å². The molecule has 39 heavy (non-hydrogen) atoms. The molecule has 0 spiro atoms. The molecule has 1 aromatic carbocycles. The van der Waals surface area contributed by atoms with Crippen LogP contribution >= 0.6 is 11.8 Å². The van der Waals surface area contributed by atoms with E-state index in [2.05, 4.69) is 10.3 Å². The maximum absolute atomic E-state index is 13.4. The standard InChI is InChI=1S/C27H35FN6O4S/c1-26(25(38)33(3)4)10-12-27(31-2,13-11-26)34(5)24(37)20-22(36)21(35)18(15-32-20)23(30)39-19(29)14-16-6-8-17(28)9-7-16/h6-9,15,29-31,36H,10-14H2,1-5H3,(H,32,35). The molecule has 0 unspecified atom stereocenters. The molecule has 1 fully saturated rings. The minimum absolute atomic E-state index is 0.0322. The van der Waals surface area contributed by atoms with Crippen molar-refractivity contribution in [3.05, 3.63) is 63.3 Å². The third-order valence-corrected chi connectivity index (χ3v) is 8.35. The van der Waals surface area contributed by atoms with Gasteiger partial charge in [-0.1, -0.05) is 30.8 Å². The van der Waals surface area contributed by atoms with E-state index in [-0.39, 0.29) is 33.7 Å². The van der Waals surface area contributed by atoms with Crippen LogP contribution < -0.4 is 10.7 Å². The van der Waals surface area contributed by atoms with Crippen LogP contribution in [0.4, 0.5) is 4.39 Å². The molecule has 210 valence electrons. The van der Waals surface area contributed by atoms with Gasteiger partial charge in [-0.05, 0) is 50.4 Å². The van der Waals surface area contributed by atoms with E-state index in [1.807, 2.05) is 6.92 Å². The number of thioether (sulfide) groups is 1. The predicted molar refractivity (Wildman–Crippen MR) is 150 cm³/mol. The van der Waals surface area contributed by atoms with E-state index in [1.165, 1.54) is 35.4 Å². The summed E-state index contributed by atoms with van der Waals surface area (Å²) >= 11 is 0.730. The van der Waals surface area contributed by atoms with Crippen molar-refractivity contribution < 1.29 is 19.1 Å². The van der Waals surface area contributed by atoms with Gasteiger partial charge >= 0.3 is 0 Å². The summed E-state index contributed by atoms with van der Waals surface area (Å²) in [5.41, 5.74) is -2.05. The normalized spacial score (nSPS) is 20.8. The fourth-order valence-electron chi connectivity index (χ4n) is 4.94. The van der Waals surface area contributed by atoms with E-state index in [1.54, 1.807) is 33.1 Å². The molecular weight excluding hydrogens is 523 g/mol. The van der Waals surface area contributed by atoms with Gasteiger partial charge in [0.05, 0.1) is 16.3 Å². The van der Waals surface area contributed by atoms with E-state index in [0.717, 1.165) is 11.8 Å². The van der Waals surface area contributed by atoms with E-state index < -0.39 is 34.0 Å². The largest absolute Gasteiger partial charge is 0.503 e. The van der Waals surface area contributed by atoms with Gasteiger partial charge in [-0.2, -0.15) is 0 Å². The first-order valence-electron chi connectivity index (χ1n) is 12.5. The zero-order valence-corrected chi connectivity index (χ0v) is 23.6. The van der Waals surface area contributed by atoms with Crippen molar-refractivity contribution in [3.63, 3.8) is 0 Å². The van der Waals surface area contributed by atoms with Crippen molar-refractivity contribution in [1.82, 2.24) is 20.1 Å². The Morgan fingerprint density at radius 3 is 2.26 bits per heavy atom. The Morgan fingerprint density at radius 2 is 1.72 bits per heavy atom. The number of nitrogens with one attached hydrogen (secondary N) is 4. The maximum atomic E-state index is 13.4. The number of aromatic hydroxyl groups is 1. The Kier molecular flexibility index (Phi) is 9.01. The van der Waals surface area contributed by atoms with Gasteiger partial charge in [0.15, 0.2) is 11.4 Å². The molecule has 1 aliphatic carbocycles. The lowest BCUT2D eigenvalue weighted by Gasteiger charge is -2.49. The van der Waals surface area contributed by atoms with E-state index >= 15 is 0 Å². The van der Waals surface area contributed by atoms with Crippen molar-refractivity contribution in [1.29, 1.82) is 10.8 Å². The number of carbonyl (C=O) groups excluding carboxylic acids is 2. The number of aromatic nitrogens is 1. The van der Waals surface area contributed by atoms with Crippen LogP contribution in [0.25, 0.3) is 0 Å². The average Bonchev–Trinajstić information content (AvgIpc) is 2.90. The fraction of sp³-hybridized carbons (Fsp3) is 0.444. The number of hydrogen-bond acceptors (Lipinski definition) is 8. The molecule has 1 aliphatic rings. The van der Waals surface area contributed by atoms with Gasteiger partial charge < -0.3 is 19.9 Å². The topological polar surface area (TPSA) is 153 Å². The monoisotopic (exact) mass is 558 g/mol. The molecule has 1 saturated carbocycles. The lowest BCUT2D eigenvalue weighted by atomic mass is 9.70. The number of carbonyl (C=O) groups is 2. The summed E-state index contributed by atoms with van der Waals surface area (Å²) in [6.07, 6.45) is 3.39. The zero-order chi connectivity index (χ0) is 29.1. The summed E-state index contributed by atoms with van der Waals surface area (Å²) in [4.78, 5) is 44.7. The minimum atomic E-state index is -0.899. The molecule has 10 nitrogen and oxygen atoms in total. The molecule has 2 aromatic rings. The molecule has 0 radical (unpaired) electrons. The number of hydrogen-bond donors (Lipinski definition) is 5. The Morgan fingerprint density at radius 1 is 1.13 bits per heavy atom. The zero-order valence-electron chi connectivity index (χ0n) is 22.8. The molecule has 5 N–H and O–H groups in total. The van der Waals surface area contributed by atoms with E-state index in [4.69, 9.17) is 10.8 Å². The van der Waals surface area contributed by atoms with Crippen LogP contribution in [0.3, 0.4) is 0 Å². The lowest BCUT2D eigenvalue weighted by molar-refractivity contribution is -0.142. The third-order valence-electron chi connectivity index (χ3n) is 7.53. The van der Waals surface area contributed by atoms with Gasteiger partial charge in [0, 0.05) is 39.2 Å². The number of amides is 2. The molecular formula is C27H35FN6O4S. The number of pyridine rings is 1. The molecule has 0 aliphatic heterocycles. The molecule has 12 heteroatoms. The second-order valence-electron chi connectivity index (χ2n) is 10.3. The first-order chi connectivity index (χ1) is 18.2. The second-order valence-corrected chi connectivity index (χ2v) is 11.4. The summed E-state index contributed by atoms with van der Waals surface area (Å²) < 4.78 is 13.1. The van der Waals surface area contributed by atoms with Crippen molar-refractivity contribution in [2.24, 2.45) is 5.41 Å². The highest BCUT2D eigenvalue weighted by atomic mass is 32.2. The summed E-state index contributed by atoms with van der Waals surface area (Å²) in [6, 6.07) is 5.63. The van der Waals surface area contributed by atoms with Gasteiger partial charge in [0.2, 0.25) is 11.3 Å². The number of nitrogens with zero attached hydrogens (tertiary/aromatic N) is 2. The quantitative estimate of drug-likeness (QED) is 0.200. The highest BCUT2D eigenvalue weighted by Gasteiger charge is 2.47. The van der Waals surface area contributed by atoms with Crippen molar-refractivity contribution >= 4 is 33.7 Å². The Hall–Kier alpha value is -3.51. The molecule has 3 rings (SSSR count). The van der Waals surface area contributed by atoms with Gasteiger partial charge in [-0.3, -0.25) is 30.5 Å². The maximum Gasteiger partial charge on any atom is 0.275 e. The summed E-state index contributed by atoms with van der Waals surface area (Å²) in [6.45, 7) is 1.92. The van der Waals surface area contributed by atoms with E-state index in [9.17, 15) is 23.9 Å². The Balaban J connectivity index is 1.75. The smallest absolute Gasteiger partial charge is 0.275 e. The van der Waals surface area contributed by atoms with Gasteiger partial charge in [0.25, 0.3) is 5.91 Å². The summed E-state index contributed by atoms with van der Waals surface area (Å²) in [5.74, 6) is -1.79. The van der Waals surface area contributed by atoms with Crippen LogP contribution in [-0.2, 0) is 11.2 Å². The van der Waals surface area contributed by atoms with Crippen molar-refractivity contribution in [2.45, 2.75) is 44.7 Å². The van der Waals surface area contributed by atoms with Crippen LogP contribution in [-0.4, -0.2) is 75.6 Å². The first-order valence-corrected chi connectivity index (χ1v) is 13.3. The third kappa shape index (κ3) is 6.22. The van der Waals surface area contributed by atoms with Crippen LogP contribution in [0, 0.1) is 22.1 Å². The van der Waals surface area contributed by atoms with Gasteiger partial charge in [-0.25, -0.2) is 4.39 Å². The SMILES string of the molecule is CNC1(N(C)C(=O)c2[nH]cc(C(=N)SC(=N)Cc3ccc(F)cc3)c(=O)c2O)CCC(C)(C(=O)N(C)C)CC1. The molecule has 0 atom stereocenters. The van der Waals surface area contributed by atoms with Crippen LogP contribution in [0.1, 0.15) is 54.2 Å². The number of H-pyrrole nitrogens is 1. The number of benzene rings is 1. The highest BCUT2D eigenvalue weighted by molar-refractivity contribution is 8.26. The van der Waals surface area contributed by atoms with Gasteiger partial charge in [-0.15, -0.1) is 0 Å². The van der Waals surface area contributed by atoms with Crippen LogP contribution in [0.15, 0.2) is 35.3 Å². The minimum Gasteiger partial charge on any atom is -0.503 e. The summed E-state index contributed by atoms with van der Waals surface area (Å²) in [5, 5.41) is 30.1. The molecule has 0 saturated heterocycles. The molecule has 1 heterocycles. The Bertz CT molecular complexity index is 1330. The van der Waals surface area contributed by atoms with Crippen LogP contribution in [0.5, 0.6) is 5.75 Å². The first kappa shape index (κ1) is 30.0. The molecule has 1 aromatic heterocycles. The molecule has 0 bridgehead atoms. The Labute approximate surface area is 231 Å². The average molecular weight is 559 g/mol. The number of halogens is 1. The fourth-order valence-corrected chi connectivity index (χ4v) is 5.68. The number of rotatable bonds is 7. The van der Waals surface area contributed by atoms with Gasteiger partial charge in [0.1, 0.15) is 10.9 Å². The van der Waals surface area contributed by atoms with Crippen molar-refractivity contribution in [3.8, 4) is 5.75 Å². The molecule has 2 amide bonds. The van der Waals surface area contributed by atoms with Crippen LogP contribution in [0.2, 0.25) is 0 Å². The number of aromatic amines is 1. The summed E-state index contributed by atoms with van der Waals surface area (Å²) in [7, 11) is 6.75. The van der Waals surface area contributed by atoms with E-state index in [0.29, 0.717) is 31.2 Å². The highest BCUT2D eigenvalue weighted by Crippen LogP contribution is 2.43.